The summed E-state index contributed by atoms with van der Waals surface area (Å²) in [6.07, 6.45) is 1.73. The van der Waals surface area contributed by atoms with E-state index in [9.17, 15) is 4.79 Å². The molecule has 2 unspecified atom stereocenters. The highest BCUT2D eigenvalue weighted by atomic mass is 32.1. The van der Waals surface area contributed by atoms with Crippen molar-refractivity contribution in [2.75, 3.05) is 37.8 Å². The number of piperazine rings is 1. The van der Waals surface area contributed by atoms with Crippen LogP contribution in [0.3, 0.4) is 0 Å². The average molecular weight is 400 g/mol. The van der Waals surface area contributed by atoms with Crippen LogP contribution in [0.5, 0.6) is 0 Å². The van der Waals surface area contributed by atoms with Crippen LogP contribution >= 0.6 is 11.3 Å². The summed E-state index contributed by atoms with van der Waals surface area (Å²) in [6.45, 7) is 5.01. The zero-order valence-electron chi connectivity index (χ0n) is 15.4. The Hall–Kier alpha value is -2.49. The van der Waals surface area contributed by atoms with Gasteiger partial charge in [-0.25, -0.2) is 9.78 Å². The second-order valence-corrected chi connectivity index (χ2v) is 7.82. The summed E-state index contributed by atoms with van der Waals surface area (Å²) >= 11 is 1.49. The maximum absolute atomic E-state index is 12.3. The van der Waals surface area contributed by atoms with E-state index in [0.717, 1.165) is 23.7 Å². The molecule has 1 aromatic carbocycles. The molecule has 4 heterocycles. The van der Waals surface area contributed by atoms with E-state index in [1.165, 1.54) is 11.3 Å². The molecule has 2 bridgehead atoms. The Bertz CT molecular complexity index is 991. The molecular weight excluding hydrogens is 380 g/mol. The number of aromatic nitrogens is 2. The monoisotopic (exact) mass is 400 g/mol. The molecule has 9 heteroatoms. The summed E-state index contributed by atoms with van der Waals surface area (Å²) in [7, 11) is 0. The maximum atomic E-state index is 12.3. The quantitative estimate of drug-likeness (QED) is 0.668. The number of hydrogen-bond donors (Lipinski definition) is 1. The van der Waals surface area contributed by atoms with Gasteiger partial charge in [-0.05, 0) is 19.1 Å². The number of morpholine rings is 1. The van der Waals surface area contributed by atoms with Crippen molar-refractivity contribution >= 4 is 34.4 Å². The van der Waals surface area contributed by atoms with Gasteiger partial charge in [0.25, 0.3) is 6.01 Å². The van der Waals surface area contributed by atoms with E-state index in [-0.39, 0.29) is 18.1 Å². The number of ether oxygens (including phenoxy) is 2. The Balaban J connectivity index is 1.58. The third kappa shape index (κ3) is 3.15. The molecule has 0 radical (unpaired) electrons. The summed E-state index contributed by atoms with van der Waals surface area (Å²) in [5, 5.41) is 6.23. The summed E-state index contributed by atoms with van der Waals surface area (Å²) in [6, 6.07) is 4.58. The summed E-state index contributed by atoms with van der Waals surface area (Å²) < 4.78 is 17.0. The number of esters is 1. The topological polar surface area (TPSA) is 89.7 Å². The number of carbonyl (C=O) groups excluding carboxylic acids is 1. The van der Waals surface area contributed by atoms with Gasteiger partial charge in [-0.3, -0.25) is 0 Å². The lowest BCUT2D eigenvalue weighted by Gasteiger charge is -2.41. The van der Waals surface area contributed by atoms with E-state index in [1.54, 1.807) is 25.3 Å². The van der Waals surface area contributed by atoms with Gasteiger partial charge in [-0.2, -0.15) is 4.98 Å². The van der Waals surface area contributed by atoms with Crippen molar-refractivity contribution in [3.63, 3.8) is 0 Å². The highest BCUT2D eigenvalue weighted by molar-refractivity contribution is 7.13. The predicted molar refractivity (Wildman–Crippen MR) is 105 cm³/mol. The minimum atomic E-state index is -0.374. The van der Waals surface area contributed by atoms with Gasteiger partial charge >= 0.3 is 5.97 Å². The number of rotatable bonds is 4. The van der Waals surface area contributed by atoms with Crippen LogP contribution in [-0.4, -0.2) is 60.9 Å². The standard InChI is InChI=1S/C19H20N4O4S/c1-2-26-18(24)11-5-14(17-20-3-4-28-17)16-15(6-11)22-19(27-16)23-7-12-9-25-10-13(8-23)21-12/h3-6,12-13,21H,2,7-10H2,1H3. The van der Waals surface area contributed by atoms with Crippen molar-refractivity contribution in [1.29, 1.82) is 0 Å². The van der Waals surface area contributed by atoms with Crippen LogP contribution in [0.2, 0.25) is 0 Å². The SMILES string of the molecule is CCOC(=O)c1cc(-c2nccs2)c2oc(N3CC4COCC(C3)N4)nc2c1. The fraction of sp³-hybridized carbons (Fsp3) is 0.421. The summed E-state index contributed by atoms with van der Waals surface area (Å²) in [5.74, 6) is -0.374. The van der Waals surface area contributed by atoms with Crippen LogP contribution < -0.4 is 10.2 Å². The van der Waals surface area contributed by atoms with Gasteiger partial charge in [0.1, 0.15) is 10.5 Å². The Labute approximate surface area is 165 Å². The molecule has 2 saturated heterocycles. The number of thiazole rings is 1. The lowest BCUT2D eigenvalue weighted by molar-refractivity contribution is 0.0367. The van der Waals surface area contributed by atoms with Gasteiger partial charge < -0.3 is 24.1 Å². The first kappa shape index (κ1) is 17.6. The van der Waals surface area contributed by atoms with Crippen LogP contribution in [0.25, 0.3) is 21.7 Å². The van der Waals surface area contributed by atoms with Crippen molar-refractivity contribution in [1.82, 2.24) is 15.3 Å². The number of hydrogen-bond acceptors (Lipinski definition) is 9. The molecule has 0 amide bonds. The lowest BCUT2D eigenvalue weighted by Crippen LogP contribution is -2.63. The van der Waals surface area contributed by atoms with E-state index in [4.69, 9.17) is 18.9 Å². The molecular formula is C19H20N4O4S. The highest BCUT2D eigenvalue weighted by Crippen LogP contribution is 2.35. The Morgan fingerprint density at radius 3 is 2.89 bits per heavy atom. The fourth-order valence-electron chi connectivity index (χ4n) is 3.76. The molecule has 2 atom stereocenters. The van der Waals surface area contributed by atoms with E-state index >= 15 is 0 Å². The Kier molecular flexibility index (Phi) is 4.50. The van der Waals surface area contributed by atoms with Crippen molar-refractivity contribution in [3.8, 4) is 10.6 Å². The number of anilines is 1. The second-order valence-electron chi connectivity index (χ2n) is 6.93. The molecule has 2 fully saturated rings. The fourth-order valence-corrected chi connectivity index (χ4v) is 4.41. The van der Waals surface area contributed by atoms with Crippen LogP contribution in [0.15, 0.2) is 28.1 Å². The second kappa shape index (κ2) is 7.16. The molecule has 0 aliphatic carbocycles. The Morgan fingerprint density at radius 1 is 1.36 bits per heavy atom. The molecule has 146 valence electrons. The van der Waals surface area contributed by atoms with Gasteiger partial charge in [0.2, 0.25) is 0 Å². The number of fused-ring (bicyclic) bond motifs is 3. The zero-order chi connectivity index (χ0) is 19.1. The third-order valence-corrected chi connectivity index (χ3v) is 5.72. The molecule has 5 rings (SSSR count). The number of carbonyl (C=O) groups is 1. The molecule has 0 saturated carbocycles. The van der Waals surface area contributed by atoms with E-state index < -0.39 is 0 Å². The first-order valence-electron chi connectivity index (χ1n) is 9.31. The average Bonchev–Trinajstić information content (AvgIpc) is 3.37. The lowest BCUT2D eigenvalue weighted by atomic mass is 10.1. The first-order chi connectivity index (χ1) is 13.7. The summed E-state index contributed by atoms with van der Waals surface area (Å²) in [5.41, 5.74) is 2.47. The van der Waals surface area contributed by atoms with Crippen molar-refractivity contribution in [2.45, 2.75) is 19.0 Å². The van der Waals surface area contributed by atoms with Gasteiger partial charge in [-0.15, -0.1) is 11.3 Å². The molecule has 0 spiro atoms. The zero-order valence-corrected chi connectivity index (χ0v) is 16.2. The van der Waals surface area contributed by atoms with Gasteiger partial charge in [-0.1, -0.05) is 0 Å². The van der Waals surface area contributed by atoms with Gasteiger partial charge in [0.15, 0.2) is 5.58 Å². The van der Waals surface area contributed by atoms with Crippen molar-refractivity contribution in [2.24, 2.45) is 0 Å². The minimum Gasteiger partial charge on any atom is -0.462 e. The van der Waals surface area contributed by atoms with E-state index in [2.05, 4.69) is 15.2 Å². The molecule has 2 aliphatic rings. The Morgan fingerprint density at radius 2 is 2.18 bits per heavy atom. The highest BCUT2D eigenvalue weighted by Gasteiger charge is 2.33. The minimum absolute atomic E-state index is 0.260. The molecule has 8 nitrogen and oxygen atoms in total. The van der Waals surface area contributed by atoms with E-state index in [1.807, 2.05) is 5.38 Å². The smallest absolute Gasteiger partial charge is 0.338 e. The van der Waals surface area contributed by atoms with Gasteiger partial charge in [0, 0.05) is 36.8 Å². The largest absolute Gasteiger partial charge is 0.462 e. The molecule has 28 heavy (non-hydrogen) atoms. The van der Waals surface area contributed by atoms with Crippen LogP contribution in [0.4, 0.5) is 6.01 Å². The van der Waals surface area contributed by atoms with Crippen LogP contribution in [-0.2, 0) is 9.47 Å². The maximum Gasteiger partial charge on any atom is 0.338 e. The number of benzene rings is 1. The molecule has 3 aromatic rings. The van der Waals surface area contributed by atoms with Crippen molar-refractivity contribution in [3.05, 3.63) is 29.3 Å². The number of oxazole rings is 1. The van der Waals surface area contributed by atoms with E-state index in [0.29, 0.717) is 42.5 Å². The van der Waals surface area contributed by atoms with Crippen molar-refractivity contribution < 1.29 is 18.7 Å². The molecule has 2 aromatic heterocycles. The number of nitrogens with one attached hydrogen (secondary N) is 1. The predicted octanol–water partition coefficient (Wildman–Crippen LogP) is 2.30. The normalized spacial score (nSPS) is 21.8. The van der Waals surface area contributed by atoms with Crippen LogP contribution in [0.1, 0.15) is 17.3 Å². The molecule has 2 aliphatic heterocycles. The number of nitrogens with zero attached hydrogens (tertiary/aromatic N) is 3. The third-order valence-electron chi connectivity index (χ3n) is 4.91. The van der Waals surface area contributed by atoms with Crippen LogP contribution in [0, 0.1) is 0 Å². The molecule has 1 N–H and O–H groups in total. The summed E-state index contributed by atoms with van der Waals surface area (Å²) in [4.78, 5) is 23.6. The first-order valence-corrected chi connectivity index (χ1v) is 10.2. The van der Waals surface area contributed by atoms with Gasteiger partial charge in [0.05, 0.1) is 30.9 Å².